The molecule has 0 amide bonds. The summed E-state index contributed by atoms with van der Waals surface area (Å²) in [6.45, 7) is 0.527. The molecule has 1 aromatic carbocycles. The fourth-order valence-electron chi connectivity index (χ4n) is 3.39. The van der Waals surface area contributed by atoms with Gasteiger partial charge in [-0.15, -0.1) is 0 Å². The van der Waals surface area contributed by atoms with E-state index in [1.54, 1.807) is 0 Å². The molecule has 0 spiro atoms. The second-order valence-electron chi connectivity index (χ2n) is 6.01. The minimum Gasteiger partial charge on any atom is -0.375 e. The molecule has 0 radical (unpaired) electrons. The lowest BCUT2D eigenvalue weighted by Gasteiger charge is -2.36. The molecule has 5 nitrogen and oxygen atoms in total. The predicted molar refractivity (Wildman–Crippen MR) is 83.1 cm³/mol. The molecule has 1 aromatic heterocycles. The number of benzene rings is 1. The van der Waals surface area contributed by atoms with Crippen LogP contribution < -0.4 is 5.32 Å². The molecule has 5 heteroatoms. The van der Waals surface area contributed by atoms with E-state index in [1.807, 2.05) is 37.4 Å². The van der Waals surface area contributed by atoms with Crippen LogP contribution in [0.3, 0.4) is 0 Å². The lowest BCUT2D eigenvalue weighted by molar-refractivity contribution is -0.0270. The third-order valence-corrected chi connectivity index (χ3v) is 4.54. The fraction of sp³-hybridized carbons (Fsp3) is 0.529. The van der Waals surface area contributed by atoms with Gasteiger partial charge in [0.15, 0.2) is 11.4 Å². The van der Waals surface area contributed by atoms with Gasteiger partial charge < -0.3 is 14.9 Å². The number of hydrogen-bond donors (Lipinski definition) is 2. The maximum atomic E-state index is 11.5. The first kappa shape index (κ1) is 15.2. The van der Waals surface area contributed by atoms with Crippen molar-refractivity contribution in [3.63, 3.8) is 0 Å². The van der Waals surface area contributed by atoms with E-state index >= 15 is 0 Å². The van der Waals surface area contributed by atoms with Gasteiger partial charge in [-0.05, 0) is 25.5 Å². The molecule has 1 atom stereocenters. The first-order valence-electron chi connectivity index (χ1n) is 8.00. The smallest absolute Gasteiger partial charge is 0.263 e. The topological polar surface area (TPSA) is 71.2 Å². The van der Waals surface area contributed by atoms with Crippen molar-refractivity contribution < 1.29 is 9.63 Å². The highest BCUT2D eigenvalue weighted by atomic mass is 16.5. The number of hydrogen-bond acceptors (Lipinski definition) is 5. The number of aliphatic hydroxyl groups is 1. The molecule has 0 saturated heterocycles. The SMILES string of the molecule is CNCc1noc(C(O)(c2ccccc2)C2CCCCC2)n1. The van der Waals surface area contributed by atoms with E-state index in [0.29, 0.717) is 18.3 Å². The van der Waals surface area contributed by atoms with Crippen molar-refractivity contribution in [2.24, 2.45) is 5.92 Å². The van der Waals surface area contributed by atoms with E-state index in [-0.39, 0.29) is 5.92 Å². The van der Waals surface area contributed by atoms with Crippen LogP contribution in [0.5, 0.6) is 0 Å². The van der Waals surface area contributed by atoms with Gasteiger partial charge in [-0.2, -0.15) is 4.98 Å². The zero-order chi connectivity index (χ0) is 15.4. The molecule has 2 N–H and O–H groups in total. The predicted octanol–water partition coefficient (Wildman–Crippen LogP) is 2.61. The van der Waals surface area contributed by atoms with E-state index in [9.17, 15) is 5.11 Å². The van der Waals surface area contributed by atoms with Gasteiger partial charge in [-0.25, -0.2) is 0 Å². The van der Waals surface area contributed by atoms with Gasteiger partial charge in [0.05, 0.1) is 6.54 Å². The quantitative estimate of drug-likeness (QED) is 0.888. The van der Waals surface area contributed by atoms with E-state index in [2.05, 4.69) is 15.5 Å². The zero-order valence-electron chi connectivity index (χ0n) is 13.0. The standard InChI is InChI=1S/C17H23N3O2/c1-18-12-15-19-16(22-20-15)17(21,13-8-4-2-5-9-13)14-10-6-3-7-11-14/h2,4-5,8-9,14,18,21H,3,6-7,10-12H2,1H3. The Labute approximate surface area is 130 Å². The highest BCUT2D eigenvalue weighted by Crippen LogP contribution is 2.43. The van der Waals surface area contributed by atoms with Crippen LogP contribution in [0.2, 0.25) is 0 Å². The molecule has 2 aromatic rings. The van der Waals surface area contributed by atoms with Crippen LogP contribution in [0.15, 0.2) is 34.9 Å². The lowest BCUT2D eigenvalue weighted by Crippen LogP contribution is -2.38. The third-order valence-electron chi connectivity index (χ3n) is 4.54. The van der Waals surface area contributed by atoms with Crippen molar-refractivity contribution in [3.05, 3.63) is 47.6 Å². The van der Waals surface area contributed by atoms with E-state index < -0.39 is 5.60 Å². The Morgan fingerprint density at radius 1 is 1.23 bits per heavy atom. The number of aromatic nitrogens is 2. The molecule has 1 aliphatic carbocycles. The lowest BCUT2D eigenvalue weighted by atomic mass is 9.73. The Hall–Kier alpha value is -1.72. The van der Waals surface area contributed by atoms with Gasteiger partial charge in [-0.3, -0.25) is 0 Å². The molecule has 1 saturated carbocycles. The summed E-state index contributed by atoms with van der Waals surface area (Å²) in [4.78, 5) is 4.43. The summed E-state index contributed by atoms with van der Waals surface area (Å²) >= 11 is 0. The van der Waals surface area contributed by atoms with Crippen LogP contribution >= 0.6 is 0 Å². The van der Waals surface area contributed by atoms with Crippen molar-refractivity contribution in [1.29, 1.82) is 0 Å². The number of rotatable bonds is 5. The molecule has 1 unspecified atom stereocenters. The van der Waals surface area contributed by atoms with Gasteiger partial charge in [0.2, 0.25) is 0 Å². The van der Waals surface area contributed by atoms with Crippen molar-refractivity contribution in [2.45, 2.75) is 44.2 Å². The summed E-state index contributed by atoms with van der Waals surface area (Å²) in [6, 6.07) is 9.71. The number of nitrogens with one attached hydrogen (secondary N) is 1. The van der Waals surface area contributed by atoms with Crippen molar-refractivity contribution in [1.82, 2.24) is 15.5 Å². The summed E-state index contributed by atoms with van der Waals surface area (Å²) < 4.78 is 5.44. The summed E-state index contributed by atoms with van der Waals surface area (Å²) in [5.74, 6) is 1.00. The Kier molecular flexibility index (Phi) is 4.55. The van der Waals surface area contributed by atoms with Crippen LogP contribution in [0, 0.1) is 5.92 Å². The normalized spacial score (nSPS) is 19.0. The molecular formula is C17H23N3O2. The van der Waals surface area contributed by atoms with Gasteiger partial charge in [0.1, 0.15) is 0 Å². The minimum atomic E-state index is -1.19. The Bertz CT molecular complexity index is 593. The zero-order valence-corrected chi connectivity index (χ0v) is 13.0. The van der Waals surface area contributed by atoms with Crippen LogP contribution in [0.25, 0.3) is 0 Å². The second kappa shape index (κ2) is 6.58. The van der Waals surface area contributed by atoms with Crippen molar-refractivity contribution in [3.8, 4) is 0 Å². The van der Waals surface area contributed by atoms with Crippen LogP contribution in [0.1, 0.15) is 49.4 Å². The van der Waals surface area contributed by atoms with Gasteiger partial charge in [0, 0.05) is 5.92 Å². The number of nitrogens with zero attached hydrogens (tertiary/aromatic N) is 2. The van der Waals surface area contributed by atoms with Crippen LogP contribution in [-0.4, -0.2) is 22.3 Å². The van der Waals surface area contributed by atoms with Gasteiger partial charge in [-0.1, -0.05) is 54.8 Å². The highest BCUT2D eigenvalue weighted by Gasteiger charge is 2.45. The van der Waals surface area contributed by atoms with Gasteiger partial charge >= 0.3 is 0 Å². The Morgan fingerprint density at radius 3 is 2.64 bits per heavy atom. The summed E-state index contributed by atoms with van der Waals surface area (Å²) in [6.07, 6.45) is 5.47. The van der Waals surface area contributed by atoms with Crippen LogP contribution in [-0.2, 0) is 12.1 Å². The third kappa shape index (κ3) is 2.78. The molecule has 1 heterocycles. The molecule has 1 aliphatic rings. The first-order valence-corrected chi connectivity index (χ1v) is 8.00. The monoisotopic (exact) mass is 301 g/mol. The molecule has 0 bridgehead atoms. The average Bonchev–Trinajstić information content (AvgIpc) is 3.05. The molecule has 22 heavy (non-hydrogen) atoms. The highest BCUT2D eigenvalue weighted by molar-refractivity contribution is 5.29. The van der Waals surface area contributed by atoms with E-state index in [4.69, 9.17) is 4.52 Å². The Balaban J connectivity index is 2.01. The first-order chi connectivity index (χ1) is 10.7. The van der Waals surface area contributed by atoms with Crippen molar-refractivity contribution in [2.75, 3.05) is 7.05 Å². The van der Waals surface area contributed by atoms with Crippen LogP contribution in [0.4, 0.5) is 0 Å². The Morgan fingerprint density at radius 2 is 1.95 bits per heavy atom. The minimum absolute atomic E-state index is 0.117. The summed E-state index contributed by atoms with van der Waals surface area (Å²) in [7, 11) is 1.83. The van der Waals surface area contributed by atoms with Crippen molar-refractivity contribution >= 4 is 0 Å². The fourth-order valence-corrected chi connectivity index (χ4v) is 3.39. The van der Waals surface area contributed by atoms with E-state index in [0.717, 1.165) is 31.2 Å². The average molecular weight is 301 g/mol. The largest absolute Gasteiger partial charge is 0.375 e. The van der Waals surface area contributed by atoms with E-state index in [1.165, 1.54) is 6.42 Å². The summed E-state index contributed by atoms with van der Waals surface area (Å²) in [5, 5.41) is 18.5. The molecule has 3 rings (SSSR count). The summed E-state index contributed by atoms with van der Waals surface area (Å²) in [5.41, 5.74) is -0.359. The molecule has 1 fully saturated rings. The molecular weight excluding hydrogens is 278 g/mol. The second-order valence-corrected chi connectivity index (χ2v) is 6.01. The maximum Gasteiger partial charge on any atom is 0.263 e. The van der Waals surface area contributed by atoms with Gasteiger partial charge in [0.25, 0.3) is 5.89 Å². The maximum absolute atomic E-state index is 11.5. The molecule has 0 aliphatic heterocycles. The molecule has 118 valence electrons.